The molecule has 2 N–H and O–H groups in total. The first-order chi connectivity index (χ1) is 7.66. The van der Waals surface area contributed by atoms with Gasteiger partial charge in [-0.05, 0) is 37.6 Å². The van der Waals surface area contributed by atoms with Gasteiger partial charge < -0.3 is 5.73 Å². The van der Waals surface area contributed by atoms with Crippen molar-refractivity contribution < 1.29 is 0 Å². The monoisotopic (exact) mass is 282 g/mol. The molecule has 1 fully saturated rings. The number of rotatable bonds is 3. The molecule has 1 aromatic carbocycles. The number of hydrogen-bond donors (Lipinski definition) is 1. The number of likely N-dealkylation sites (N-methyl/N-ethyl adjacent to an activating group) is 1. The molecule has 0 bridgehead atoms. The second kappa shape index (κ2) is 5.30. The fourth-order valence-electron chi connectivity index (χ4n) is 2.51. The molecule has 2 rings (SSSR count). The normalized spacial score (nSPS) is 25.2. The third-order valence-corrected chi connectivity index (χ3v) is 3.97. The van der Waals surface area contributed by atoms with Crippen LogP contribution in [0.4, 0.5) is 0 Å². The Kier molecular flexibility index (Phi) is 4.00. The van der Waals surface area contributed by atoms with E-state index in [1.165, 1.54) is 24.8 Å². The van der Waals surface area contributed by atoms with Crippen molar-refractivity contribution in [2.75, 3.05) is 7.05 Å². The van der Waals surface area contributed by atoms with Crippen LogP contribution in [-0.2, 0) is 6.54 Å². The first-order valence-corrected chi connectivity index (χ1v) is 6.66. The van der Waals surface area contributed by atoms with E-state index in [0.29, 0.717) is 12.1 Å². The molecule has 2 nitrogen and oxygen atoms in total. The Morgan fingerprint density at radius 1 is 1.31 bits per heavy atom. The summed E-state index contributed by atoms with van der Waals surface area (Å²) >= 11 is 3.45. The van der Waals surface area contributed by atoms with Gasteiger partial charge in [-0.2, -0.15) is 0 Å². The van der Waals surface area contributed by atoms with E-state index >= 15 is 0 Å². The molecule has 0 aliphatic heterocycles. The number of benzene rings is 1. The van der Waals surface area contributed by atoms with E-state index in [9.17, 15) is 0 Å². The number of hydrogen-bond acceptors (Lipinski definition) is 2. The third-order valence-electron chi connectivity index (χ3n) is 3.44. The standard InChI is InChI=1S/C13H19BrN2/c1-16(13-4-2-3-12(13)15)9-10-5-7-11(14)8-6-10/h5-8,12-13H,2-4,9,15H2,1H3. The lowest BCUT2D eigenvalue weighted by Crippen LogP contribution is -2.41. The average molecular weight is 283 g/mol. The van der Waals surface area contributed by atoms with E-state index in [4.69, 9.17) is 5.73 Å². The van der Waals surface area contributed by atoms with Gasteiger partial charge in [-0.25, -0.2) is 0 Å². The minimum absolute atomic E-state index is 0.362. The van der Waals surface area contributed by atoms with Crippen LogP contribution < -0.4 is 5.73 Å². The first kappa shape index (κ1) is 12.1. The summed E-state index contributed by atoms with van der Waals surface area (Å²) in [6, 6.07) is 9.45. The maximum Gasteiger partial charge on any atom is 0.0247 e. The summed E-state index contributed by atoms with van der Waals surface area (Å²) in [5.41, 5.74) is 7.46. The topological polar surface area (TPSA) is 29.3 Å². The summed E-state index contributed by atoms with van der Waals surface area (Å²) in [6.45, 7) is 0.992. The van der Waals surface area contributed by atoms with Crippen LogP contribution in [0, 0.1) is 0 Å². The van der Waals surface area contributed by atoms with E-state index in [0.717, 1.165) is 11.0 Å². The Balaban J connectivity index is 1.96. The largest absolute Gasteiger partial charge is 0.326 e. The molecule has 1 aliphatic carbocycles. The number of nitrogens with zero attached hydrogens (tertiary/aromatic N) is 1. The lowest BCUT2D eigenvalue weighted by atomic mass is 10.1. The highest BCUT2D eigenvalue weighted by Crippen LogP contribution is 2.23. The minimum Gasteiger partial charge on any atom is -0.326 e. The fourth-order valence-corrected chi connectivity index (χ4v) is 2.78. The summed E-state index contributed by atoms with van der Waals surface area (Å²) in [4.78, 5) is 2.39. The maximum absolute atomic E-state index is 6.11. The molecule has 0 saturated heterocycles. The average Bonchev–Trinajstić information content (AvgIpc) is 2.68. The Hall–Kier alpha value is -0.380. The lowest BCUT2D eigenvalue weighted by Gasteiger charge is -2.27. The summed E-state index contributed by atoms with van der Waals surface area (Å²) in [5, 5.41) is 0. The van der Waals surface area contributed by atoms with Crippen molar-refractivity contribution >= 4 is 15.9 Å². The van der Waals surface area contributed by atoms with Crippen LogP contribution >= 0.6 is 15.9 Å². The molecule has 0 amide bonds. The van der Waals surface area contributed by atoms with Gasteiger partial charge in [0.1, 0.15) is 0 Å². The van der Waals surface area contributed by atoms with Crippen molar-refractivity contribution in [2.24, 2.45) is 5.73 Å². The van der Waals surface area contributed by atoms with Crippen LogP contribution in [0.1, 0.15) is 24.8 Å². The Morgan fingerprint density at radius 2 is 2.00 bits per heavy atom. The molecule has 3 heteroatoms. The van der Waals surface area contributed by atoms with Crippen molar-refractivity contribution in [3.63, 3.8) is 0 Å². The maximum atomic E-state index is 6.11. The predicted octanol–water partition coefficient (Wildman–Crippen LogP) is 2.76. The molecular formula is C13H19BrN2. The highest BCUT2D eigenvalue weighted by molar-refractivity contribution is 9.10. The van der Waals surface area contributed by atoms with Gasteiger partial charge in [0.05, 0.1) is 0 Å². The van der Waals surface area contributed by atoms with E-state index in [2.05, 4.69) is 52.1 Å². The Bertz CT molecular complexity index is 336. The molecule has 2 atom stereocenters. The Morgan fingerprint density at radius 3 is 2.56 bits per heavy atom. The fraction of sp³-hybridized carbons (Fsp3) is 0.538. The van der Waals surface area contributed by atoms with Gasteiger partial charge in [-0.1, -0.05) is 34.5 Å². The molecule has 16 heavy (non-hydrogen) atoms. The van der Waals surface area contributed by atoms with Crippen LogP contribution in [0.15, 0.2) is 28.7 Å². The van der Waals surface area contributed by atoms with Gasteiger partial charge >= 0.3 is 0 Å². The third kappa shape index (κ3) is 2.84. The summed E-state index contributed by atoms with van der Waals surface area (Å²) < 4.78 is 1.14. The SMILES string of the molecule is CN(Cc1ccc(Br)cc1)C1CCCC1N. The second-order valence-corrected chi connectivity index (χ2v) is 5.62. The highest BCUT2D eigenvalue weighted by atomic mass is 79.9. The van der Waals surface area contributed by atoms with E-state index in [1.54, 1.807) is 0 Å². The van der Waals surface area contributed by atoms with Gasteiger partial charge in [0.15, 0.2) is 0 Å². The van der Waals surface area contributed by atoms with Crippen LogP contribution in [0.5, 0.6) is 0 Å². The molecule has 88 valence electrons. The smallest absolute Gasteiger partial charge is 0.0247 e. The van der Waals surface area contributed by atoms with Crippen molar-refractivity contribution in [2.45, 2.75) is 37.9 Å². The van der Waals surface area contributed by atoms with Crippen molar-refractivity contribution in [1.82, 2.24) is 4.90 Å². The zero-order chi connectivity index (χ0) is 11.5. The predicted molar refractivity (Wildman–Crippen MR) is 71.2 cm³/mol. The zero-order valence-corrected chi connectivity index (χ0v) is 11.3. The quantitative estimate of drug-likeness (QED) is 0.924. The van der Waals surface area contributed by atoms with Crippen molar-refractivity contribution in [3.05, 3.63) is 34.3 Å². The zero-order valence-electron chi connectivity index (χ0n) is 9.70. The van der Waals surface area contributed by atoms with E-state index in [-0.39, 0.29) is 0 Å². The molecule has 1 aromatic rings. The van der Waals surface area contributed by atoms with Gasteiger partial charge in [0, 0.05) is 23.1 Å². The Labute approximate surface area is 106 Å². The molecule has 0 radical (unpaired) electrons. The van der Waals surface area contributed by atoms with Crippen LogP contribution in [0.25, 0.3) is 0 Å². The first-order valence-electron chi connectivity index (χ1n) is 5.87. The highest BCUT2D eigenvalue weighted by Gasteiger charge is 2.27. The number of halogens is 1. The molecule has 2 unspecified atom stereocenters. The molecule has 0 heterocycles. The van der Waals surface area contributed by atoms with Crippen molar-refractivity contribution in [1.29, 1.82) is 0 Å². The van der Waals surface area contributed by atoms with E-state index < -0.39 is 0 Å². The summed E-state index contributed by atoms with van der Waals surface area (Å²) in [7, 11) is 2.18. The molecule has 0 aromatic heterocycles. The summed E-state index contributed by atoms with van der Waals surface area (Å²) in [5.74, 6) is 0. The van der Waals surface area contributed by atoms with Crippen LogP contribution in [0.3, 0.4) is 0 Å². The number of nitrogens with two attached hydrogens (primary N) is 1. The van der Waals surface area contributed by atoms with Gasteiger partial charge in [0.25, 0.3) is 0 Å². The molecule has 1 saturated carbocycles. The lowest BCUT2D eigenvalue weighted by molar-refractivity contribution is 0.220. The minimum atomic E-state index is 0.362. The summed E-state index contributed by atoms with van der Waals surface area (Å²) in [6.07, 6.45) is 3.69. The van der Waals surface area contributed by atoms with Crippen LogP contribution in [0.2, 0.25) is 0 Å². The van der Waals surface area contributed by atoms with Crippen molar-refractivity contribution in [3.8, 4) is 0 Å². The van der Waals surface area contributed by atoms with Gasteiger partial charge in [0.2, 0.25) is 0 Å². The second-order valence-electron chi connectivity index (χ2n) is 4.70. The molecule has 0 spiro atoms. The van der Waals surface area contributed by atoms with E-state index in [1.807, 2.05) is 0 Å². The van der Waals surface area contributed by atoms with Gasteiger partial charge in [-0.3, -0.25) is 4.90 Å². The molecular weight excluding hydrogens is 264 g/mol. The van der Waals surface area contributed by atoms with Gasteiger partial charge in [-0.15, -0.1) is 0 Å². The molecule has 1 aliphatic rings. The van der Waals surface area contributed by atoms with Crippen LogP contribution in [-0.4, -0.2) is 24.0 Å².